The maximum atomic E-state index is 10.8. The summed E-state index contributed by atoms with van der Waals surface area (Å²) in [5.41, 5.74) is 5.25. The number of hydrogen-bond donors (Lipinski definition) is 1. The summed E-state index contributed by atoms with van der Waals surface area (Å²) >= 11 is 2.42. The number of carbonyl (C=O) groups excluding carboxylic acids is 1. The number of primary amides is 1. The van der Waals surface area contributed by atoms with E-state index in [1.165, 1.54) is 23.7 Å². The molecular formula is C9H16INO. The predicted molar refractivity (Wildman–Crippen MR) is 58.1 cm³/mol. The molecule has 0 saturated heterocycles. The van der Waals surface area contributed by atoms with Gasteiger partial charge in [-0.3, -0.25) is 4.79 Å². The quantitative estimate of drug-likeness (QED) is 0.625. The third-order valence-electron chi connectivity index (χ3n) is 2.77. The lowest BCUT2D eigenvalue weighted by Crippen LogP contribution is -2.27. The molecule has 1 saturated carbocycles. The lowest BCUT2D eigenvalue weighted by atomic mass is 9.81. The standard InChI is InChI=1S/C9H16INO/c10-6-5-7-1-3-8(4-2-7)9(11)12/h7-8H,1-6H2,(H2,11,12). The second kappa shape index (κ2) is 5.04. The maximum Gasteiger partial charge on any atom is 0.220 e. The maximum absolute atomic E-state index is 10.8. The van der Waals surface area contributed by atoms with Gasteiger partial charge in [-0.1, -0.05) is 22.6 Å². The van der Waals surface area contributed by atoms with Crippen LogP contribution in [-0.4, -0.2) is 10.3 Å². The second-order valence-corrected chi connectivity index (χ2v) is 4.68. The Morgan fingerprint density at radius 3 is 2.33 bits per heavy atom. The summed E-state index contributed by atoms with van der Waals surface area (Å²) < 4.78 is 1.24. The molecule has 0 aliphatic heterocycles. The van der Waals surface area contributed by atoms with Gasteiger partial charge < -0.3 is 5.73 Å². The second-order valence-electron chi connectivity index (χ2n) is 3.60. The molecule has 1 aliphatic carbocycles. The van der Waals surface area contributed by atoms with Gasteiger partial charge in [0.25, 0.3) is 0 Å². The van der Waals surface area contributed by atoms with Gasteiger partial charge in [-0.15, -0.1) is 0 Å². The summed E-state index contributed by atoms with van der Waals surface area (Å²) in [5.74, 6) is 0.941. The number of alkyl halides is 1. The van der Waals surface area contributed by atoms with Crippen molar-refractivity contribution in [3.05, 3.63) is 0 Å². The molecule has 0 aromatic rings. The molecule has 0 unspecified atom stereocenters. The van der Waals surface area contributed by atoms with Crippen LogP contribution in [0.15, 0.2) is 0 Å². The molecule has 0 bridgehead atoms. The number of hydrogen-bond acceptors (Lipinski definition) is 1. The average molecular weight is 281 g/mol. The Hall–Kier alpha value is 0.200. The van der Waals surface area contributed by atoms with Crippen LogP contribution in [0.4, 0.5) is 0 Å². The minimum absolute atomic E-state index is 0.0945. The Morgan fingerprint density at radius 2 is 1.92 bits per heavy atom. The van der Waals surface area contributed by atoms with Crippen molar-refractivity contribution in [1.82, 2.24) is 0 Å². The third-order valence-corrected chi connectivity index (χ3v) is 3.39. The lowest BCUT2D eigenvalue weighted by molar-refractivity contribution is -0.122. The van der Waals surface area contributed by atoms with Crippen LogP contribution in [0.25, 0.3) is 0 Å². The smallest absolute Gasteiger partial charge is 0.220 e. The van der Waals surface area contributed by atoms with Crippen LogP contribution >= 0.6 is 22.6 Å². The van der Waals surface area contributed by atoms with E-state index in [0.29, 0.717) is 0 Å². The van der Waals surface area contributed by atoms with Gasteiger partial charge in [-0.25, -0.2) is 0 Å². The molecule has 2 N–H and O–H groups in total. The molecule has 3 heteroatoms. The molecule has 1 rings (SSSR count). The van der Waals surface area contributed by atoms with Crippen LogP contribution in [0, 0.1) is 11.8 Å². The lowest BCUT2D eigenvalue weighted by Gasteiger charge is -2.25. The van der Waals surface area contributed by atoms with E-state index >= 15 is 0 Å². The van der Waals surface area contributed by atoms with Gasteiger partial charge in [0.05, 0.1) is 0 Å². The van der Waals surface area contributed by atoms with E-state index < -0.39 is 0 Å². The molecule has 0 atom stereocenters. The third kappa shape index (κ3) is 2.92. The zero-order valence-electron chi connectivity index (χ0n) is 7.26. The number of nitrogens with two attached hydrogens (primary N) is 1. The molecule has 12 heavy (non-hydrogen) atoms. The van der Waals surface area contributed by atoms with E-state index in [2.05, 4.69) is 22.6 Å². The average Bonchev–Trinajstić information content (AvgIpc) is 2.06. The van der Waals surface area contributed by atoms with E-state index in [1.54, 1.807) is 0 Å². The van der Waals surface area contributed by atoms with E-state index in [-0.39, 0.29) is 11.8 Å². The van der Waals surface area contributed by atoms with Gasteiger partial charge in [0.15, 0.2) is 0 Å². The Kier molecular flexibility index (Phi) is 4.32. The first-order chi connectivity index (χ1) is 5.74. The van der Waals surface area contributed by atoms with Crippen LogP contribution in [0.1, 0.15) is 32.1 Å². The SMILES string of the molecule is NC(=O)C1CCC(CCI)CC1. The van der Waals surface area contributed by atoms with E-state index in [0.717, 1.165) is 18.8 Å². The summed E-state index contributed by atoms with van der Waals surface area (Å²) in [4.78, 5) is 10.8. The molecule has 0 aromatic carbocycles. The monoisotopic (exact) mass is 281 g/mol. The van der Waals surface area contributed by atoms with Gasteiger partial charge >= 0.3 is 0 Å². The normalized spacial score (nSPS) is 30.1. The molecule has 0 heterocycles. The van der Waals surface area contributed by atoms with Gasteiger partial charge in [-0.05, 0) is 42.4 Å². The van der Waals surface area contributed by atoms with Crippen molar-refractivity contribution >= 4 is 28.5 Å². The van der Waals surface area contributed by atoms with E-state index in [9.17, 15) is 4.79 Å². The highest BCUT2D eigenvalue weighted by atomic mass is 127. The predicted octanol–water partition coefficient (Wildman–Crippen LogP) is 2.10. The number of halogens is 1. The first-order valence-corrected chi connectivity index (χ1v) is 6.12. The molecular weight excluding hydrogens is 265 g/mol. The van der Waals surface area contributed by atoms with Crippen LogP contribution in [0.2, 0.25) is 0 Å². The van der Waals surface area contributed by atoms with E-state index in [1.807, 2.05) is 0 Å². The Bertz CT molecular complexity index is 153. The van der Waals surface area contributed by atoms with E-state index in [4.69, 9.17) is 5.73 Å². The molecule has 0 spiro atoms. The molecule has 70 valence electrons. The summed E-state index contributed by atoms with van der Waals surface area (Å²) in [6.07, 6.45) is 5.77. The number of rotatable bonds is 3. The van der Waals surface area contributed by atoms with Crippen LogP contribution in [0.3, 0.4) is 0 Å². The van der Waals surface area contributed by atoms with Gasteiger partial charge in [-0.2, -0.15) is 0 Å². The summed E-state index contributed by atoms with van der Waals surface area (Å²) in [6, 6.07) is 0. The topological polar surface area (TPSA) is 43.1 Å². The van der Waals surface area contributed by atoms with Crippen LogP contribution < -0.4 is 5.73 Å². The molecule has 0 aromatic heterocycles. The largest absolute Gasteiger partial charge is 0.369 e. The molecule has 0 radical (unpaired) electrons. The van der Waals surface area contributed by atoms with Crippen molar-refractivity contribution in [3.63, 3.8) is 0 Å². The van der Waals surface area contributed by atoms with Crippen molar-refractivity contribution in [2.75, 3.05) is 4.43 Å². The van der Waals surface area contributed by atoms with Crippen molar-refractivity contribution in [2.24, 2.45) is 17.6 Å². The highest BCUT2D eigenvalue weighted by Gasteiger charge is 2.23. The zero-order chi connectivity index (χ0) is 8.97. The Labute approximate surface area is 87.4 Å². The summed E-state index contributed by atoms with van der Waals surface area (Å²) in [7, 11) is 0. The summed E-state index contributed by atoms with van der Waals surface area (Å²) in [6.45, 7) is 0. The van der Waals surface area contributed by atoms with Gasteiger partial charge in [0, 0.05) is 5.92 Å². The Balaban J connectivity index is 2.25. The minimum Gasteiger partial charge on any atom is -0.369 e. The minimum atomic E-state index is -0.0945. The Morgan fingerprint density at radius 1 is 1.33 bits per heavy atom. The van der Waals surface area contributed by atoms with Crippen molar-refractivity contribution in [2.45, 2.75) is 32.1 Å². The number of carbonyl (C=O) groups is 1. The molecule has 1 aliphatic rings. The fraction of sp³-hybridized carbons (Fsp3) is 0.889. The van der Waals surface area contributed by atoms with Crippen molar-refractivity contribution in [1.29, 1.82) is 0 Å². The highest BCUT2D eigenvalue weighted by Crippen LogP contribution is 2.30. The van der Waals surface area contributed by atoms with Crippen molar-refractivity contribution in [3.8, 4) is 0 Å². The molecule has 1 fully saturated rings. The highest BCUT2D eigenvalue weighted by molar-refractivity contribution is 14.1. The van der Waals surface area contributed by atoms with Gasteiger partial charge in [0.1, 0.15) is 0 Å². The molecule has 1 amide bonds. The van der Waals surface area contributed by atoms with Crippen LogP contribution in [0.5, 0.6) is 0 Å². The van der Waals surface area contributed by atoms with Crippen molar-refractivity contribution < 1.29 is 4.79 Å². The number of amides is 1. The zero-order valence-corrected chi connectivity index (χ0v) is 9.42. The van der Waals surface area contributed by atoms with Crippen LogP contribution in [-0.2, 0) is 4.79 Å². The first-order valence-electron chi connectivity index (χ1n) is 4.59. The fourth-order valence-corrected chi connectivity index (χ4v) is 2.77. The summed E-state index contributed by atoms with van der Waals surface area (Å²) in [5, 5.41) is 0. The van der Waals surface area contributed by atoms with Gasteiger partial charge in [0.2, 0.25) is 5.91 Å². The fourth-order valence-electron chi connectivity index (χ4n) is 1.89. The first kappa shape index (κ1) is 10.3. The molecule has 2 nitrogen and oxygen atoms in total.